The molecule has 1 aliphatic carbocycles. The van der Waals surface area contributed by atoms with Gasteiger partial charge in [0, 0.05) is 17.5 Å². The number of hydrogen-bond acceptors (Lipinski definition) is 4. The minimum Gasteiger partial charge on any atom is -0.506 e. The average molecular weight is 375 g/mol. The number of amides is 1. The van der Waals surface area contributed by atoms with Gasteiger partial charge in [0.1, 0.15) is 11.4 Å². The Labute approximate surface area is 158 Å². The van der Waals surface area contributed by atoms with Crippen LogP contribution in [0.4, 0.5) is 0 Å². The maximum absolute atomic E-state index is 12.2. The number of aromatic nitrogens is 1. The van der Waals surface area contributed by atoms with Gasteiger partial charge in [-0.1, -0.05) is 23.7 Å². The molecule has 0 spiro atoms. The van der Waals surface area contributed by atoms with Crippen LogP contribution in [0, 0.1) is 0 Å². The fourth-order valence-electron chi connectivity index (χ4n) is 3.37. The largest absolute Gasteiger partial charge is 0.506 e. The van der Waals surface area contributed by atoms with Crippen LogP contribution in [0.15, 0.2) is 42.6 Å². The first-order valence-corrected chi connectivity index (χ1v) is 9.24. The second-order valence-corrected chi connectivity index (χ2v) is 7.34. The zero-order valence-electron chi connectivity index (χ0n) is 14.5. The Morgan fingerprint density at radius 2 is 1.88 bits per heavy atom. The fourth-order valence-corrected chi connectivity index (χ4v) is 3.49. The molecule has 3 N–H and O–H groups in total. The van der Waals surface area contributed by atoms with Crippen LogP contribution >= 0.6 is 11.6 Å². The van der Waals surface area contributed by atoms with Crippen LogP contribution in [0.2, 0.25) is 5.02 Å². The van der Waals surface area contributed by atoms with Gasteiger partial charge in [-0.3, -0.25) is 9.78 Å². The van der Waals surface area contributed by atoms with Crippen LogP contribution in [-0.2, 0) is 16.8 Å². The number of nitrogens with one attached hydrogen (secondary N) is 1. The molecular weight excluding hydrogens is 352 g/mol. The van der Waals surface area contributed by atoms with Crippen molar-refractivity contribution in [3.63, 3.8) is 0 Å². The van der Waals surface area contributed by atoms with Crippen LogP contribution in [0.5, 0.6) is 5.75 Å². The van der Waals surface area contributed by atoms with E-state index in [1.54, 1.807) is 6.07 Å². The third-order valence-electron chi connectivity index (χ3n) is 4.96. The molecule has 1 amide bonds. The highest BCUT2D eigenvalue weighted by molar-refractivity contribution is 6.30. The monoisotopic (exact) mass is 374 g/mol. The quantitative estimate of drug-likeness (QED) is 0.749. The lowest BCUT2D eigenvalue weighted by molar-refractivity contribution is -0.122. The van der Waals surface area contributed by atoms with E-state index in [4.69, 9.17) is 11.6 Å². The molecule has 5 nitrogen and oxygen atoms in total. The van der Waals surface area contributed by atoms with Gasteiger partial charge in [0.15, 0.2) is 0 Å². The Kier molecular flexibility index (Phi) is 5.79. The lowest BCUT2D eigenvalue weighted by atomic mass is 9.80. The number of aryl methyl sites for hydroxylation is 1. The number of aromatic hydroxyl groups is 1. The van der Waals surface area contributed by atoms with Gasteiger partial charge in [-0.2, -0.15) is 0 Å². The number of aliphatic hydroxyl groups is 1. The lowest BCUT2D eigenvalue weighted by Crippen LogP contribution is -2.42. The molecule has 1 heterocycles. The second kappa shape index (κ2) is 8.06. The van der Waals surface area contributed by atoms with Gasteiger partial charge in [0.2, 0.25) is 5.91 Å². The van der Waals surface area contributed by atoms with E-state index in [1.807, 2.05) is 24.3 Å². The van der Waals surface area contributed by atoms with Gasteiger partial charge in [-0.25, -0.2) is 0 Å². The Bertz CT molecular complexity index is 739. The maximum atomic E-state index is 12.2. The molecule has 6 heteroatoms. The minimum atomic E-state index is -0.988. The molecule has 0 bridgehead atoms. The number of nitrogens with zero attached hydrogens (tertiary/aromatic N) is 1. The molecule has 0 atom stereocenters. The first-order chi connectivity index (χ1) is 12.4. The third kappa shape index (κ3) is 4.74. The van der Waals surface area contributed by atoms with Crippen molar-refractivity contribution >= 4 is 17.5 Å². The molecular formula is C20H23ClN2O3. The van der Waals surface area contributed by atoms with Gasteiger partial charge in [-0.15, -0.1) is 0 Å². The number of halogens is 1. The number of carbonyl (C=O) groups is 1. The Morgan fingerprint density at radius 3 is 2.50 bits per heavy atom. The summed E-state index contributed by atoms with van der Waals surface area (Å²) in [5.74, 6) is 0.108. The van der Waals surface area contributed by atoms with Crippen molar-refractivity contribution in [1.29, 1.82) is 0 Å². The van der Waals surface area contributed by atoms with E-state index in [2.05, 4.69) is 10.3 Å². The first kappa shape index (κ1) is 18.7. The molecule has 1 aliphatic rings. The average Bonchev–Trinajstić information content (AvgIpc) is 2.64. The Morgan fingerprint density at radius 1 is 1.19 bits per heavy atom. The summed E-state index contributed by atoms with van der Waals surface area (Å²) in [5, 5.41) is 23.9. The number of carbonyl (C=O) groups excluding carboxylic acids is 1. The van der Waals surface area contributed by atoms with Crippen LogP contribution in [0.1, 0.15) is 43.4 Å². The summed E-state index contributed by atoms with van der Waals surface area (Å²) in [6.45, 7) is 0. The van der Waals surface area contributed by atoms with Gasteiger partial charge in [0.05, 0.1) is 11.9 Å². The van der Waals surface area contributed by atoms with Gasteiger partial charge >= 0.3 is 0 Å². The molecule has 1 aromatic carbocycles. The molecule has 138 valence electrons. The second-order valence-electron chi connectivity index (χ2n) is 6.90. The highest BCUT2D eigenvalue weighted by Gasteiger charge is 2.36. The van der Waals surface area contributed by atoms with Crippen molar-refractivity contribution in [2.45, 2.75) is 50.2 Å². The van der Waals surface area contributed by atoms with E-state index in [1.165, 1.54) is 12.3 Å². The first-order valence-electron chi connectivity index (χ1n) is 8.86. The van der Waals surface area contributed by atoms with Crippen molar-refractivity contribution in [2.24, 2.45) is 0 Å². The maximum Gasteiger partial charge on any atom is 0.220 e. The van der Waals surface area contributed by atoms with Gasteiger partial charge in [0.25, 0.3) is 0 Å². The Hall–Kier alpha value is -2.11. The third-order valence-corrected chi connectivity index (χ3v) is 5.21. The summed E-state index contributed by atoms with van der Waals surface area (Å²) >= 11 is 5.86. The fraction of sp³-hybridized carbons (Fsp3) is 0.400. The molecule has 1 saturated carbocycles. The van der Waals surface area contributed by atoms with Crippen molar-refractivity contribution in [3.05, 3.63) is 58.9 Å². The van der Waals surface area contributed by atoms with Crippen molar-refractivity contribution in [1.82, 2.24) is 10.3 Å². The molecule has 2 aromatic rings. The van der Waals surface area contributed by atoms with E-state index in [0.717, 1.165) is 5.56 Å². The van der Waals surface area contributed by atoms with Crippen LogP contribution in [0.3, 0.4) is 0 Å². The molecule has 3 rings (SSSR count). The number of rotatable bonds is 5. The molecule has 0 saturated heterocycles. The van der Waals surface area contributed by atoms with E-state index in [9.17, 15) is 15.0 Å². The summed E-state index contributed by atoms with van der Waals surface area (Å²) < 4.78 is 0. The predicted molar refractivity (Wildman–Crippen MR) is 100.0 cm³/mol. The Balaban J connectivity index is 1.46. The van der Waals surface area contributed by atoms with Crippen molar-refractivity contribution in [3.8, 4) is 5.75 Å². The summed E-state index contributed by atoms with van der Waals surface area (Å²) in [7, 11) is 0. The van der Waals surface area contributed by atoms with Crippen molar-refractivity contribution < 1.29 is 15.0 Å². The molecule has 26 heavy (non-hydrogen) atoms. The van der Waals surface area contributed by atoms with Gasteiger partial charge in [-0.05, 0) is 61.9 Å². The summed E-state index contributed by atoms with van der Waals surface area (Å²) in [4.78, 5) is 16.3. The molecule has 0 aliphatic heterocycles. The summed E-state index contributed by atoms with van der Waals surface area (Å²) in [6.07, 6.45) is 4.92. The minimum absolute atomic E-state index is 0.0261. The SMILES string of the molecule is O=C(CCc1ccc(Cl)cc1)N[C@H]1CC[C@@](O)(c2ccc(O)cn2)CC1. The predicted octanol–water partition coefficient (Wildman–Crippen LogP) is 3.32. The number of pyridine rings is 1. The summed E-state index contributed by atoms with van der Waals surface area (Å²) in [6, 6.07) is 10.8. The van der Waals surface area contributed by atoms with Crippen LogP contribution in [-0.4, -0.2) is 27.1 Å². The number of benzene rings is 1. The summed E-state index contributed by atoms with van der Waals surface area (Å²) in [5.41, 5.74) is 0.668. The number of hydrogen-bond donors (Lipinski definition) is 3. The molecule has 0 unspecified atom stereocenters. The normalized spacial score (nSPS) is 22.8. The van der Waals surface area contributed by atoms with E-state index < -0.39 is 5.60 Å². The zero-order valence-corrected chi connectivity index (χ0v) is 15.2. The lowest BCUT2D eigenvalue weighted by Gasteiger charge is -2.35. The molecule has 1 fully saturated rings. The topological polar surface area (TPSA) is 82.5 Å². The van der Waals surface area contributed by atoms with E-state index in [-0.39, 0.29) is 17.7 Å². The highest BCUT2D eigenvalue weighted by atomic mass is 35.5. The smallest absolute Gasteiger partial charge is 0.220 e. The molecule has 0 radical (unpaired) electrons. The van der Waals surface area contributed by atoms with Gasteiger partial charge < -0.3 is 15.5 Å². The van der Waals surface area contributed by atoms with E-state index >= 15 is 0 Å². The molecule has 1 aromatic heterocycles. The zero-order chi connectivity index (χ0) is 18.6. The van der Waals surface area contributed by atoms with Crippen LogP contribution < -0.4 is 5.32 Å². The van der Waals surface area contributed by atoms with E-state index in [0.29, 0.717) is 49.2 Å². The highest BCUT2D eigenvalue weighted by Crippen LogP contribution is 2.36. The van der Waals surface area contributed by atoms with Crippen molar-refractivity contribution in [2.75, 3.05) is 0 Å². The standard InChI is InChI=1S/C20H23ClN2O3/c21-15-4-1-14(2-5-15)3-8-19(25)23-16-9-11-20(26,12-10-16)18-7-6-17(24)13-22-18/h1-2,4-7,13,16,24,26H,3,8-12H2,(H,23,25)/t16-,20-. The van der Waals surface area contributed by atoms with Crippen LogP contribution in [0.25, 0.3) is 0 Å².